The second kappa shape index (κ2) is 7.81. The van der Waals surface area contributed by atoms with E-state index in [4.69, 9.17) is 11.6 Å². The van der Waals surface area contributed by atoms with Gasteiger partial charge in [0.1, 0.15) is 0 Å². The van der Waals surface area contributed by atoms with Crippen LogP contribution in [0.3, 0.4) is 0 Å². The second-order valence-corrected chi connectivity index (χ2v) is 7.69. The van der Waals surface area contributed by atoms with E-state index in [1.807, 2.05) is 35.8 Å². The number of carbonyl (C=O) groups is 1. The molecule has 6 nitrogen and oxygen atoms in total. The minimum Gasteiger partial charge on any atom is -0.325 e. The number of piperidine rings is 1. The number of amides is 1. The second-order valence-electron chi connectivity index (χ2n) is 7.26. The Morgan fingerprint density at radius 3 is 2.54 bits per heavy atom. The molecule has 0 bridgehead atoms. The van der Waals surface area contributed by atoms with Crippen molar-refractivity contribution in [3.63, 3.8) is 0 Å². The van der Waals surface area contributed by atoms with E-state index >= 15 is 0 Å². The summed E-state index contributed by atoms with van der Waals surface area (Å²) in [6.07, 6.45) is 1.67. The number of anilines is 1. The monoisotopic (exact) mass is 398 g/mol. The van der Waals surface area contributed by atoms with E-state index in [1.165, 1.54) is 0 Å². The molecule has 28 heavy (non-hydrogen) atoms. The molecule has 1 amide bonds. The number of imidazole rings is 1. The Balaban J connectivity index is 1.40. The fourth-order valence-corrected chi connectivity index (χ4v) is 4.04. The van der Waals surface area contributed by atoms with Gasteiger partial charge in [-0.25, -0.2) is 4.79 Å². The van der Waals surface area contributed by atoms with E-state index in [0.29, 0.717) is 5.02 Å². The number of aromatic nitrogens is 2. The van der Waals surface area contributed by atoms with Crippen LogP contribution in [0.15, 0.2) is 53.3 Å². The average molecular weight is 399 g/mol. The van der Waals surface area contributed by atoms with Crippen LogP contribution in [0.1, 0.15) is 25.8 Å². The molecule has 1 fully saturated rings. The van der Waals surface area contributed by atoms with Gasteiger partial charge in [-0.3, -0.25) is 14.3 Å². The summed E-state index contributed by atoms with van der Waals surface area (Å²) in [7, 11) is 0. The summed E-state index contributed by atoms with van der Waals surface area (Å²) in [5.41, 5.74) is 2.49. The molecular formula is C21H23ClN4O2. The van der Waals surface area contributed by atoms with Crippen LogP contribution >= 0.6 is 11.6 Å². The first-order valence-corrected chi connectivity index (χ1v) is 9.90. The maximum atomic E-state index is 12.6. The van der Waals surface area contributed by atoms with E-state index in [9.17, 15) is 9.59 Å². The van der Waals surface area contributed by atoms with Crippen molar-refractivity contribution in [2.45, 2.75) is 31.8 Å². The highest BCUT2D eigenvalue weighted by Gasteiger charge is 2.28. The summed E-state index contributed by atoms with van der Waals surface area (Å²) in [4.78, 5) is 30.1. The topological polar surface area (TPSA) is 70.1 Å². The van der Waals surface area contributed by atoms with Gasteiger partial charge in [-0.15, -0.1) is 0 Å². The standard InChI is InChI=1S/C21H23ClN4O2/c1-14(20(27)23-16-8-6-15(22)7-9-16)25-12-10-17(11-13-25)26-19-5-3-2-4-18(19)24-21(26)28/h2-9,14,17H,10-13H2,1H3,(H,23,27)(H,24,28). The van der Waals surface area contributed by atoms with Crippen molar-refractivity contribution < 1.29 is 4.79 Å². The lowest BCUT2D eigenvalue weighted by atomic mass is 10.0. The van der Waals surface area contributed by atoms with Crippen LogP contribution in [0.5, 0.6) is 0 Å². The Morgan fingerprint density at radius 1 is 1.14 bits per heavy atom. The molecule has 2 N–H and O–H groups in total. The zero-order valence-electron chi connectivity index (χ0n) is 15.7. The fourth-order valence-electron chi connectivity index (χ4n) is 3.91. The number of likely N-dealkylation sites (tertiary alicyclic amines) is 1. The Hall–Kier alpha value is -2.57. The van der Waals surface area contributed by atoms with E-state index in [-0.39, 0.29) is 23.7 Å². The minimum absolute atomic E-state index is 0.0370. The van der Waals surface area contributed by atoms with Crippen LogP contribution in [-0.2, 0) is 4.79 Å². The Bertz CT molecular complexity index is 1030. The third-order valence-electron chi connectivity index (χ3n) is 5.53. The van der Waals surface area contributed by atoms with Crippen molar-refractivity contribution in [1.82, 2.24) is 14.5 Å². The first-order chi connectivity index (χ1) is 13.5. The molecule has 1 aliphatic heterocycles. The zero-order chi connectivity index (χ0) is 19.7. The molecule has 1 saturated heterocycles. The Labute approximate surface area is 168 Å². The zero-order valence-corrected chi connectivity index (χ0v) is 16.4. The molecule has 2 aromatic carbocycles. The van der Waals surface area contributed by atoms with Gasteiger partial charge >= 0.3 is 5.69 Å². The molecule has 7 heteroatoms. The van der Waals surface area contributed by atoms with Crippen molar-refractivity contribution >= 4 is 34.2 Å². The number of nitrogens with zero attached hydrogens (tertiary/aromatic N) is 2. The van der Waals surface area contributed by atoms with Crippen molar-refractivity contribution in [2.24, 2.45) is 0 Å². The lowest BCUT2D eigenvalue weighted by Gasteiger charge is -2.35. The summed E-state index contributed by atoms with van der Waals surface area (Å²) in [5.74, 6) is -0.0370. The summed E-state index contributed by atoms with van der Waals surface area (Å²) < 4.78 is 1.87. The SMILES string of the molecule is CC(C(=O)Nc1ccc(Cl)cc1)N1CCC(n2c(=O)[nH]c3ccccc32)CC1. The van der Waals surface area contributed by atoms with Crippen molar-refractivity contribution in [3.8, 4) is 0 Å². The van der Waals surface area contributed by atoms with E-state index in [1.54, 1.807) is 24.3 Å². The number of para-hydroxylation sites is 2. The quantitative estimate of drug-likeness (QED) is 0.704. The van der Waals surface area contributed by atoms with Crippen LogP contribution in [0.25, 0.3) is 11.0 Å². The Morgan fingerprint density at radius 2 is 1.82 bits per heavy atom. The van der Waals surface area contributed by atoms with Gasteiger partial charge in [0.2, 0.25) is 5.91 Å². The number of fused-ring (bicyclic) bond motifs is 1. The first kappa shape index (κ1) is 18.8. The molecule has 3 aromatic rings. The van der Waals surface area contributed by atoms with Crippen LogP contribution < -0.4 is 11.0 Å². The van der Waals surface area contributed by atoms with Gasteiger partial charge in [0.05, 0.1) is 17.1 Å². The lowest BCUT2D eigenvalue weighted by Crippen LogP contribution is -2.46. The smallest absolute Gasteiger partial charge is 0.325 e. The van der Waals surface area contributed by atoms with E-state index in [0.717, 1.165) is 42.7 Å². The lowest BCUT2D eigenvalue weighted by molar-refractivity contribution is -0.121. The summed E-state index contributed by atoms with van der Waals surface area (Å²) in [5, 5.41) is 3.58. The molecule has 4 rings (SSSR count). The number of nitrogens with one attached hydrogen (secondary N) is 2. The van der Waals surface area contributed by atoms with E-state index < -0.39 is 0 Å². The number of aromatic amines is 1. The molecule has 1 atom stereocenters. The molecule has 1 aliphatic rings. The molecule has 0 spiro atoms. The molecule has 1 unspecified atom stereocenters. The van der Waals surface area contributed by atoms with E-state index in [2.05, 4.69) is 15.2 Å². The van der Waals surface area contributed by atoms with Gasteiger partial charge in [-0.1, -0.05) is 23.7 Å². The third-order valence-corrected chi connectivity index (χ3v) is 5.78. The average Bonchev–Trinajstić information content (AvgIpc) is 3.05. The predicted molar refractivity (Wildman–Crippen MR) is 112 cm³/mol. The first-order valence-electron chi connectivity index (χ1n) is 9.52. The van der Waals surface area contributed by atoms with Crippen LogP contribution in [-0.4, -0.2) is 39.5 Å². The largest absolute Gasteiger partial charge is 0.326 e. The molecule has 146 valence electrons. The number of hydrogen-bond acceptors (Lipinski definition) is 3. The number of benzene rings is 2. The normalized spacial score (nSPS) is 16.9. The molecule has 1 aromatic heterocycles. The number of carbonyl (C=O) groups excluding carboxylic acids is 1. The minimum atomic E-state index is -0.240. The summed E-state index contributed by atoms with van der Waals surface area (Å²) >= 11 is 5.89. The van der Waals surface area contributed by atoms with Gasteiger partial charge in [0.25, 0.3) is 0 Å². The van der Waals surface area contributed by atoms with Crippen molar-refractivity contribution in [1.29, 1.82) is 0 Å². The number of H-pyrrole nitrogens is 1. The maximum absolute atomic E-state index is 12.6. The van der Waals surface area contributed by atoms with Crippen molar-refractivity contribution in [3.05, 3.63) is 64.0 Å². The summed E-state index contributed by atoms with van der Waals surface area (Å²) in [6, 6.07) is 14.8. The highest BCUT2D eigenvalue weighted by atomic mass is 35.5. The highest BCUT2D eigenvalue weighted by molar-refractivity contribution is 6.30. The molecule has 0 aliphatic carbocycles. The maximum Gasteiger partial charge on any atom is 0.326 e. The van der Waals surface area contributed by atoms with Gasteiger partial charge < -0.3 is 10.3 Å². The fraction of sp³-hybridized carbons (Fsp3) is 0.333. The summed E-state index contributed by atoms with van der Waals surface area (Å²) in [6.45, 7) is 3.46. The van der Waals surface area contributed by atoms with Gasteiger partial charge in [0, 0.05) is 29.8 Å². The van der Waals surface area contributed by atoms with Gasteiger partial charge in [-0.2, -0.15) is 0 Å². The number of rotatable bonds is 4. The Kier molecular flexibility index (Phi) is 5.24. The van der Waals surface area contributed by atoms with Gasteiger partial charge in [-0.05, 0) is 56.2 Å². The number of hydrogen-bond donors (Lipinski definition) is 2. The van der Waals surface area contributed by atoms with Crippen molar-refractivity contribution in [2.75, 3.05) is 18.4 Å². The molecule has 0 radical (unpaired) electrons. The van der Waals surface area contributed by atoms with Crippen LogP contribution in [0.2, 0.25) is 5.02 Å². The molecular weight excluding hydrogens is 376 g/mol. The third kappa shape index (κ3) is 3.70. The molecule has 0 saturated carbocycles. The molecule has 2 heterocycles. The highest BCUT2D eigenvalue weighted by Crippen LogP contribution is 2.26. The number of halogens is 1. The predicted octanol–water partition coefficient (Wildman–Crippen LogP) is 3.65. The van der Waals surface area contributed by atoms with Crippen LogP contribution in [0.4, 0.5) is 5.69 Å². The van der Waals surface area contributed by atoms with Gasteiger partial charge in [0.15, 0.2) is 0 Å². The van der Waals surface area contributed by atoms with Crippen LogP contribution in [0, 0.1) is 0 Å².